The van der Waals surface area contributed by atoms with E-state index in [0.29, 0.717) is 12.0 Å². The minimum atomic E-state index is -0.805. The summed E-state index contributed by atoms with van der Waals surface area (Å²) in [6.45, 7) is 4.04. The summed E-state index contributed by atoms with van der Waals surface area (Å²) in [5.74, 6) is -1.67. The van der Waals surface area contributed by atoms with Crippen LogP contribution < -0.4 is 0 Å². The van der Waals surface area contributed by atoms with Crippen LogP contribution in [0.5, 0.6) is 0 Å². The molecule has 1 rings (SSSR count). The van der Waals surface area contributed by atoms with Crippen molar-refractivity contribution in [2.75, 3.05) is 6.61 Å². The molecule has 5 nitrogen and oxygen atoms in total. The maximum absolute atomic E-state index is 11.3. The zero-order valence-electron chi connectivity index (χ0n) is 11.4. The summed E-state index contributed by atoms with van der Waals surface area (Å²) >= 11 is 0. The molecule has 1 aliphatic rings. The number of esters is 2. The van der Waals surface area contributed by atoms with E-state index < -0.39 is 17.7 Å². The number of cyclic esters (lactones) is 1. The van der Waals surface area contributed by atoms with Crippen molar-refractivity contribution in [1.82, 2.24) is 0 Å². The van der Waals surface area contributed by atoms with Crippen molar-refractivity contribution in [1.29, 1.82) is 0 Å². The number of hydrogen-bond acceptors (Lipinski definition) is 5. The van der Waals surface area contributed by atoms with Crippen molar-refractivity contribution in [3.05, 3.63) is 23.2 Å². The second-order valence-corrected chi connectivity index (χ2v) is 4.29. The lowest BCUT2D eigenvalue weighted by Gasteiger charge is -2.04. The first kappa shape index (κ1) is 15.3. The maximum atomic E-state index is 11.3. The van der Waals surface area contributed by atoms with Crippen LogP contribution in [0.2, 0.25) is 0 Å². The molecular formula is C14H20O5. The number of aliphatic hydroxyl groups is 1. The highest BCUT2D eigenvalue weighted by molar-refractivity contribution is 5.94. The minimum absolute atomic E-state index is 0.109. The average Bonchev–Trinajstić information content (AvgIpc) is 2.62. The van der Waals surface area contributed by atoms with Gasteiger partial charge in [-0.3, -0.25) is 0 Å². The molecule has 0 radical (unpaired) electrons. The van der Waals surface area contributed by atoms with Gasteiger partial charge in [0.2, 0.25) is 5.76 Å². The fourth-order valence-corrected chi connectivity index (χ4v) is 1.83. The number of rotatable bonds is 7. The van der Waals surface area contributed by atoms with E-state index in [-0.39, 0.29) is 12.4 Å². The van der Waals surface area contributed by atoms with E-state index in [1.807, 2.05) is 0 Å². The summed E-state index contributed by atoms with van der Waals surface area (Å²) in [6.07, 6.45) is 5.67. The highest BCUT2D eigenvalue weighted by Gasteiger charge is 2.29. The van der Waals surface area contributed by atoms with E-state index in [0.717, 1.165) is 31.8 Å². The van der Waals surface area contributed by atoms with Crippen LogP contribution in [0.3, 0.4) is 0 Å². The van der Waals surface area contributed by atoms with E-state index in [1.54, 1.807) is 6.92 Å². The van der Waals surface area contributed by atoms with Gasteiger partial charge in [0.25, 0.3) is 0 Å². The van der Waals surface area contributed by atoms with Crippen LogP contribution in [0.15, 0.2) is 23.2 Å². The smallest absolute Gasteiger partial charge is 0.379 e. The third-order valence-electron chi connectivity index (χ3n) is 2.80. The Morgan fingerprint density at radius 1 is 1.32 bits per heavy atom. The zero-order chi connectivity index (χ0) is 14.3. The zero-order valence-corrected chi connectivity index (χ0v) is 11.4. The highest BCUT2D eigenvalue weighted by Crippen LogP contribution is 2.29. The molecule has 0 amide bonds. The molecule has 106 valence electrons. The van der Waals surface area contributed by atoms with Gasteiger partial charge < -0.3 is 14.6 Å². The minimum Gasteiger partial charge on any atom is -0.502 e. The molecule has 0 saturated heterocycles. The molecule has 1 aliphatic heterocycles. The fraction of sp³-hybridized carbons (Fsp3) is 0.571. The molecule has 5 heteroatoms. The van der Waals surface area contributed by atoms with Gasteiger partial charge in [-0.05, 0) is 19.8 Å². The Labute approximate surface area is 112 Å². The van der Waals surface area contributed by atoms with Crippen LogP contribution >= 0.6 is 0 Å². The first-order valence-electron chi connectivity index (χ1n) is 6.63. The molecule has 1 heterocycles. The normalized spacial score (nSPS) is 16.9. The highest BCUT2D eigenvalue weighted by atomic mass is 16.6. The second-order valence-electron chi connectivity index (χ2n) is 4.29. The van der Waals surface area contributed by atoms with Gasteiger partial charge in [0.1, 0.15) is 5.76 Å². The van der Waals surface area contributed by atoms with Gasteiger partial charge in [0.15, 0.2) is 0 Å². The van der Waals surface area contributed by atoms with Gasteiger partial charge in [-0.15, -0.1) is 0 Å². The van der Waals surface area contributed by atoms with Gasteiger partial charge in [-0.1, -0.05) is 26.2 Å². The Kier molecular flexibility index (Phi) is 6.12. The van der Waals surface area contributed by atoms with Crippen LogP contribution in [-0.2, 0) is 19.1 Å². The van der Waals surface area contributed by atoms with Gasteiger partial charge in [0, 0.05) is 5.57 Å². The van der Waals surface area contributed by atoms with E-state index in [2.05, 4.69) is 6.92 Å². The average molecular weight is 268 g/mol. The fourth-order valence-electron chi connectivity index (χ4n) is 1.83. The van der Waals surface area contributed by atoms with Crippen molar-refractivity contribution in [2.24, 2.45) is 0 Å². The number of allylic oxidation sites excluding steroid dienone is 1. The summed E-state index contributed by atoms with van der Waals surface area (Å²) in [5, 5.41) is 9.64. The number of carbonyl (C=O) groups is 2. The molecule has 0 saturated carbocycles. The summed E-state index contributed by atoms with van der Waals surface area (Å²) in [4.78, 5) is 22.6. The molecule has 0 aliphatic carbocycles. The van der Waals surface area contributed by atoms with Crippen LogP contribution in [0.1, 0.15) is 46.0 Å². The van der Waals surface area contributed by atoms with Crippen molar-refractivity contribution in [2.45, 2.75) is 46.0 Å². The van der Waals surface area contributed by atoms with Gasteiger partial charge in [-0.2, -0.15) is 0 Å². The molecule has 0 aromatic heterocycles. The van der Waals surface area contributed by atoms with Gasteiger partial charge in [0.05, 0.1) is 12.7 Å². The lowest BCUT2D eigenvalue weighted by Crippen LogP contribution is -2.03. The number of aliphatic hydroxyl groups excluding tert-OH is 1. The Hall–Kier alpha value is -1.78. The SMILES string of the molecule is CCCCCCC1=C(O)C(=O)O/C1=C\C(=O)OCC. The molecule has 0 aromatic rings. The van der Waals surface area contributed by atoms with Crippen LogP contribution in [0.4, 0.5) is 0 Å². The molecule has 0 bridgehead atoms. The first-order valence-corrected chi connectivity index (χ1v) is 6.63. The number of carbonyl (C=O) groups excluding carboxylic acids is 2. The van der Waals surface area contributed by atoms with Crippen LogP contribution in [0.25, 0.3) is 0 Å². The monoisotopic (exact) mass is 268 g/mol. The van der Waals surface area contributed by atoms with E-state index >= 15 is 0 Å². The third-order valence-corrected chi connectivity index (χ3v) is 2.80. The lowest BCUT2D eigenvalue weighted by molar-refractivity contribution is -0.137. The van der Waals surface area contributed by atoms with Crippen molar-refractivity contribution >= 4 is 11.9 Å². The van der Waals surface area contributed by atoms with E-state index in [1.165, 1.54) is 0 Å². The first-order chi connectivity index (χ1) is 9.10. The Balaban J connectivity index is 2.71. The summed E-state index contributed by atoms with van der Waals surface area (Å²) < 4.78 is 9.61. The van der Waals surface area contributed by atoms with Gasteiger partial charge in [-0.25, -0.2) is 9.59 Å². The van der Waals surface area contributed by atoms with Crippen molar-refractivity contribution in [3.8, 4) is 0 Å². The second kappa shape index (κ2) is 7.61. The third kappa shape index (κ3) is 4.43. The molecule has 1 N–H and O–H groups in total. The molecule has 0 spiro atoms. The summed E-state index contributed by atoms with van der Waals surface area (Å²) in [6, 6.07) is 0. The van der Waals surface area contributed by atoms with Crippen molar-refractivity contribution in [3.63, 3.8) is 0 Å². The number of unbranched alkanes of at least 4 members (excludes halogenated alkanes) is 3. The Morgan fingerprint density at radius 2 is 2.05 bits per heavy atom. The number of ether oxygens (including phenoxy) is 2. The number of hydrogen-bond donors (Lipinski definition) is 1. The predicted octanol–water partition coefficient (Wildman–Crippen LogP) is 2.77. The van der Waals surface area contributed by atoms with Crippen LogP contribution in [-0.4, -0.2) is 23.7 Å². The van der Waals surface area contributed by atoms with E-state index in [4.69, 9.17) is 9.47 Å². The predicted molar refractivity (Wildman–Crippen MR) is 69.2 cm³/mol. The van der Waals surface area contributed by atoms with Crippen LogP contribution in [0, 0.1) is 0 Å². The summed E-state index contributed by atoms with van der Waals surface area (Å²) in [5.41, 5.74) is 0.397. The lowest BCUT2D eigenvalue weighted by atomic mass is 10.0. The molecular weight excluding hydrogens is 248 g/mol. The van der Waals surface area contributed by atoms with E-state index in [9.17, 15) is 14.7 Å². The maximum Gasteiger partial charge on any atom is 0.379 e. The topological polar surface area (TPSA) is 72.8 Å². The molecule has 0 fully saturated rings. The Bertz CT molecular complexity index is 406. The molecule has 19 heavy (non-hydrogen) atoms. The molecule has 0 unspecified atom stereocenters. The molecule has 0 atom stereocenters. The quantitative estimate of drug-likeness (QED) is 0.436. The summed E-state index contributed by atoms with van der Waals surface area (Å²) in [7, 11) is 0. The standard InChI is InChI=1S/C14H20O5/c1-3-5-6-7-8-10-11(9-12(15)18-4-2)19-14(17)13(10)16/h9,16H,3-8H2,1-2H3/b11-9-. The van der Waals surface area contributed by atoms with Gasteiger partial charge >= 0.3 is 11.9 Å². The largest absolute Gasteiger partial charge is 0.502 e. The van der Waals surface area contributed by atoms with Crippen molar-refractivity contribution < 1.29 is 24.2 Å². The Morgan fingerprint density at radius 3 is 2.68 bits per heavy atom. The molecule has 0 aromatic carbocycles.